The van der Waals surface area contributed by atoms with Crippen LogP contribution in [0.5, 0.6) is 0 Å². The van der Waals surface area contributed by atoms with Crippen LogP contribution >= 0.6 is 11.8 Å². The maximum Gasteiger partial charge on any atom is 0.176 e. The van der Waals surface area contributed by atoms with E-state index in [2.05, 4.69) is 10.2 Å². The highest BCUT2D eigenvalue weighted by atomic mass is 32.2. The number of hydrogen-bond acceptors (Lipinski definition) is 5. The number of sulfone groups is 1. The quantitative estimate of drug-likeness (QED) is 0.847. The van der Waals surface area contributed by atoms with Crippen molar-refractivity contribution in [1.82, 2.24) is 10.2 Å². The summed E-state index contributed by atoms with van der Waals surface area (Å²) in [7, 11) is -3.16. The molecule has 0 atom stereocenters. The summed E-state index contributed by atoms with van der Waals surface area (Å²) < 4.78 is 23.6. The van der Waals surface area contributed by atoms with Gasteiger partial charge in [-0.05, 0) is 24.0 Å². The Kier molecular flexibility index (Phi) is 4.89. The summed E-state index contributed by atoms with van der Waals surface area (Å²) in [6, 6.07) is 5.77. The number of benzene rings is 1. The Labute approximate surface area is 119 Å². The molecule has 0 aromatic heterocycles. The molecule has 1 fully saturated rings. The van der Waals surface area contributed by atoms with E-state index in [-0.39, 0.29) is 0 Å². The van der Waals surface area contributed by atoms with Gasteiger partial charge in [0.1, 0.15) is 0 Å². The summed E-state index contributed by atoms with van der Waals surface area (Å²) in [6.07, 6.45) is 3.18. The van der Waals surface area contributed by atoms with Gasteiger partial charge in [0.15, 0.2) is 9.84 Å². The molecule has 0 aliphatic carbocycles. The van der Waals surface area contributed by atoms with Crippen LogP contribution in [0.3, 0.4) is 0 Å². The number of rotatable bonds is 4. The van der Waals surface area contributed by atoms with Gasteiger partial charge in [0.25, 0.3) is 0 Å². The Morgan fingerprint density at radius 3 is 2.58 bits per heavy atom. The standard InChI is InChI=1S/C13H20N2O2S2/c1-18-12-4-3-11(9-13(12)19(2,16)17)10-15-7-5-14-6-8-15/h3-4,9,14H,5-8,10H2,1-2H3. The molecule has 0 unspecified atom stereocenters. The zero-order chi connectivity index (χ0) is 13.9. The van der Waals surface area contributed by atoms with E-state index in [1.807, 2.05) is 24.5 Å². The van der Waals surface area contributed by atoms with E-state index in [0.717, 1.165) is 43.2 Å². The molecule has 1 N–H and O–H groups in total. The summed E-state index contributed by atoms with van der Waals surface area (Å²) >= 11 is 1.47. The molecular formula is C13H20N2O2S2. The lowest BCUT2D eigenvalue weighted by molar-refractivity contribution is 0.233. The molecule has 0 saturated carbocycles. The van der Waals surface area contributed by atoms with Crippen molar-refractivity contribution in [2.75, 3.05) is 38.7 Å². The predicted molar refractivity (Wildman–Crippen MR) is 79.5 cm³/mol. The van der Waals surface area contributed by atoms with Gasteiger partial charge >= 0.3 is 0 Å². The van der Waals surface area contributed by atoms with Crippen molar-refractivity contribution in [3.05, 3.63) is 23.8 Å². The zero-order valence-electron chi connectivity index (χ0n) is 11.3. The van der Waals surface area contributed by atoms with Crippen molar-refractivity contribution >= 4 is 21.6 Å². The van der Waals surface area contributed by atoms with E-state index < -0.39 is 9.84 Å². The molecule has 1 heterocycles. The summed E-state index contributed by atoms with van der Waals surface area (Å²) in [5.41, 5.74) is 1.07. The maximum atomic E-state index is 11.8. The molecule has 0 spiro atoms. The van der Waals surface area contributed by atoms with Crippen molar-refractivity contribution in [1.29, 1.82) is 0 Å². The smallest absolute Gasteiger partial charge is 0.176 e. The van der Waals surface area contributed by atoms with E-state index in [1.54, 1.807) is 0 Å². The SMILES string of the molecule is CSc1ccc(CN2CCNCC2)cc1S(C)(=O)=O. The van der Waals surface area contributed by atoms with Crippen LogP contribution in [0.2, 0.25) is 0 Å². The van der Waals surface area contributed by atoms with E-state index in [4.69, 9.17) is 0 Å². The molecule has 19 heavy (non-hydrogen) atoms. The second kappa shape index (κ2) is 6.26. The number of nitrogens with one attached hydrogen (secondary N) is 1. The third-order valence-corrected chi connectivity index (χ3v) is 5.31. The number of hydrogen-bond donors (Lipinski definition) is 1. The van der Waals surface area contributed by atoms with Crippen LogP contribution in [-0.2, 0) is 16.4 Å². The van der Waals surface area contributed by atoms with Crippen LogP contribution in [0.15, 0.2) is 28.0 Å². The highest BCUT2D eigenvalue weighted by Crippen LogP contribution is 2.26. The third-order valence-electron chi connectivity index (χ3n) is 3.24. The Morgan fingerprint density at radius 1 is 1.32 bits per heavy atom. The van der Waals surface area contributed by atoms with Gasteiger partial charge in [-0.3, -0.25) is 4.90 Å². The van der Waals surface area contributed by atoms with Crippen LogP contribution < -0.4 is 5.32 Å². The molecule has 0 amide bonds. The van der Waals surface area contributed by atoms with Crippen molar-refractivity contribution in [3.8, 4) is 0 Å². The second-order valence-electron chi connectivity index (χ2n) is 4.78. The molecule has 2 rings (SSSR count). The average molecular weight is 300 g/mol. The minimum Gasteiger partial charge on any atom is -0.314 e. The lowest BCUT2D eigenvalue weighted by Gasteiger charge is -2.27. The Morgan fingerprint density at radius 2 is 2.00 bits per heavy atom. The minimum absolute atomic E-state index is 0.452. The number of nitrogens with zero attached hydrogens (tertiary/aromatic N) is 1. The van der Waals surface area contributed by atoms with E-state index in [0.29, 0.717) is 4.90 Å². The summed E-state index contributed by atoms with van der Waals surface area (Å²) in [5.74, 6) is 0. The monoisotopic (exact) mass is 300 g/mol. The topological polar surface area (TPSA) is 49.4 Å². The van der Waals surface area contributed by atoms with Gasteiger partial charge in [-0.1, -0.05) is 6.07 Å². The van der Waals surface area contributed by atoms with Crippen molar-refractivity contribution in [2.24, 2.45) is 0 Å². The fourth-order valence-corrected chi connectivity index (χ4v) is 4.20. The van der Waals surface area contributed by atoms with Crippen molar-refractivity contribution in [2.45, 2.75) is 16.3 Å². The summed E-state index contributed by atoms with van der Waals surface area (Å²) in [5, 5.41) is 3.31. The van der Waals surface area contributed by atoms with Crippen LogP contribution in [0, 0.1) is 0 Å². The van der Waals surface area contributed by atoms with Gasteiger partial charge in [-0.2, -0.15) is 0 Å². The number of piperazine rings is 1. The fourth-order valence-electron chi connectivity index (χ4n) is 2.24. The zero-order valence-corrected chi connectivity index (χ0v) is 13.0. The molecule has 106 valence electrons. The molecule has 1 aliphatic rings. The Bertz CT molecular complexity index is 538. The summed E-state index contributed by atoms with van der Waals surface area (Å²) in [6.45, 7) is 4.85. The minimum atomic E-state index is -3.16. The Balaban J connectivity index is 2.22. The van der Waals surface area contributed by atoms with Gasteiger partial charge in [-0.15, -0.1) is 11.8 Å². The highest BCUT2D eigenvalue weighted by molar-refractivity contribution is 7.99. The normalized spacial score (nSPS) is 17.6. The van der Waals surface area contributed by atoms with Gasteiger partial charge in [0.2, 0.25) is 0 Å². The summed E-state index contributed by atoms with van der Waals surface area (Å²) in [4.78, 5) is 3.62. The molecule has 1 aliphatic heterocycles. The predicted octanol–water partition coefficient (Wildman–Crippen LogP) is 1.22. The van der Waals surface area contributed by atoms with Crippen molar-refractivity contribution in [3.63, 3.8) is 0 Å². The van der Waals surface area contributed by atoms with E-state index >= 15 is 0 Å². The van der Waals surface area contributed by atoms with Gasteiger partial charge < -0.3 is 5.32 Å². The molecule has 0 radical (unpaired) electrons. The van der Waals surface area contributed by atoms with Crippen LogP contribution in [0.4, 0.5) is 0 Å². The average Bonchev–Trinajstić information content (AvgIpc) is 2.39. The molecule has 0 bridgehead atoms. The van der Waals surface area contributed by atoms with E-state index in [1.165, 1.54) is 18.0 Å². The molecule has 1 aromatic carbocycles. The molecule has 1 saturated heterocycles. The molecular weight excluding hydrogens is 280 g/mol. The van der Waals surface area contributed by atoms with E-state index in [9.17, 15) is 8.42 Å². The first-order chi connectivity index (χ1) is 9.00. The molecule has 1 aromatic rings. The van der Waals surface area contributed by atoms with Crippen LogP contribution in [0.1, 0.15) is 5.56 Å². The maximum absolute atomic E-state index is 11.8. The lowest BCUT2D eigenvalue weighted by atomic mass is 10.2. The lowest BCUT2D eigenvalue weighted by Crippen LogP contribution is -2.42. The largest absolute Gasteiger partial charge is 0.314 e. The van der Waals surface area contributed by atoms with Crippen LogP contribution in [-0.4, -0.2) is 52.0 Å². The van der Waals surface area contributed by atoms with Gasteiger partial charge in [0.05, 0.1) is 4.90 Å². The highest BCUT2D eigenvalue weighted by Gasteiger charge is 2.15. The van der Waals surface area contributed by atoms with Crippen LogP contribution in [0.25, 0.3) is 0 Å². The number of thioether (sulfide) groups is 1. The second-order valence-corrected chi connectivity index (χ2v) is 7.62. The first-order valence-electron chi connectivity index (χ1n) is 6.31. The third kappa shape index (κ3) is 3.95. The van der Waals surface area contributed by atoms with Gasteiger partial charge in [0, 0.05) is 43.9 Å². The van der Waals surface area contributed by atoms with Gasteiger partial charge in [-0.25, -0.2) is 8.42 Å². The van der Waals surface area contributed by atoms with Crippen molar-refractivity contribution < 1.29 is 8.42 Å². The fraction of sp³-hybridized carbons (Fsp3) is 0.538. The Hall–Kier alpha value is -0.560. The first-order valence-corrected chi connectivity index (χ1v) is 9.42. The molecule has 4 nitrogen and oxygen atoms in total. The first kappa shape index (κ1) is 14.8. The molecule has 6 heteroatoms.